The van der Waals surface area contributed by atoms with Crippen LogP contribution in [0, 0.1) is 0 Å². The van der Waals surface area contributed by atoms with E-state index in [1.165, 1.54) is 6.08 Å². The zero-order valence-corrected chi connectivity index (χ0v) is 11.7. The molecule has 0 fully saturated rings. The molecule has 0 N–H and O–H groups in total. The van der Waals surface area contributed by atoms with E-state index < -0.39 is 0 Å². The van der Waals surface area contributed by atoms with Crippen LogP contribution in [0.1, 0.15) is 15.9 Å². The summed E-state index contributed by atoms with van der Waals surface area (Å²) in [6, 6.07) is 5.47. The van der Waals surface area contributed by atoms with Gasteiger partial charge in [0, 0.05) is 13.2 Å². The number of allylic oxidation sites excluding steroid dienone is 1. The Morgan fingerprint density at radius 3 is 2.60 bits per heavy atom. The lowest BCUT2D eigenvalue weighted by Crippen LogP contribution is -1.93. The molecule has 5 heteroatoms. The Balaban J connectivity index is 2.17. The predicted molar refractivity (Wildman–Crippen MR) is 76.1 cm³/mol. The van der Waals surface area contributed by atoms with E-state index in [2.05, 4.69) is 5.10 Å². The van der Waals surface area contributed by atoms with Crippen molar-refractivity contribution in [2.45, 2.75) is 0 Å². The molecule has 0 aliphatic carbocycles. The van der Waals surface area contributed by atoms with Crippen molar-refractivity contribution in [3.8, 4) is 11.5 Å². The van der Waals surface area contributed by atoms with Crippen LogP contribution in [0.15, 0.2) is 36.7 Å². The molecule has 1 aromatic heterocycles. The fraction of sp³-hybridized carbons (Fsp3) is 0.200. The number of aryl methyl sites for hydroxylation is 1. The molecule has 2 aromatic rings. The summed E-state index contributed by atoms with van der Waals surface area (Å²) in [6.45, 7) is 0. The third-order valence-corrected chi connectivity index (χ3v) is 2.82. The molecular weight excluding hydrogens is 256 g/mol. The second-order valence-electron chi connectivity index (χ2n) is 4.21. The average molecular weight is 272 g/mol. The fourth-order valence-electron chi connectivity index (χ4n) is 1.77. The first-order valence-corrected chi connectivity index (χ1v) is 6.07. The van der Waals surface area contributed by atoms with Gasteiger partial charge in [-0.3, -0.25) is 9.48 Å². The van der Waals surface area contributed by atoms with Crippen molar-refractivity contribution < 1.29 is 14.3 Å². The summed E-state index contributed by atoms with van der Waals surface area (Å²) in [4.78, 5) is 11.9. The van der Waals surface area contributed by atoms with E-state index >= 15 is 0 Å². The van der Waals surface area contributed by atoms with Gasteiger partial charge >= 0.3 is 0 Å². The third-order valence-electron chi connectivity index (χ3n) is 2.82. The van der Waals surface area contributed by atoms with Gasteiger partial charge in [-0.05, 0) is 23.8 Å². The largest absolute Gasteiger partial charge is 0.493 e. The van der Waals surface area contributed by atoms with E-state index in [9.17, 15) is 4.79 Å². The molecule has 104 valence electrons. The van der Waals surface area contributed by atoms with Gasteiger partial charge in [-0.25, -0.2) is 0 Å². The number of rotatable bonds is 5. The monoisotopic (exact) mass is 272 g/mol. The van der Waals surface area contributed by atoms with E-state index in [0.717, 1.165) is 5.56 Å². The summed E-state index contributed by atoms with van der Waals surface area (Å²) < 4.78 is 12.0. The molecule has 0 amide bonds. The first kappa shape index (κ1) is 13.9. The number of methoxy groups -OCH3 is 2. The van der Waals surface area contributed by atoms with Gasteiger partial charge in [-0.15, -0.1) is 0 Å². The van der Waals surface area contributed by atoms with Gasteiger partial charge in [0.25, 0.3) is 0 Å². The fourth-order valence-corrected chi connectivity index (χ4v) is 1.77. The molecule has 0 saturated carbocycles. The van der Waals surface area contributed by atoms with Gasteiger partial charge < -0.3 is 9.47 Å². The van der Waals surface area contributed by atoms with Crippen molar-refractivity contribution >= 4 is 11.9 Å². The van der Waals surface area contributed by atoms with Crippen LogP contribution in [0.4, 0.5) is 0 Å². The summed E-state index contributed by atoms with van der Waals surface area (Å²) >= 11 is 0. The molecule has 0 aliphatic heterocycles. The molecule has 0 unspecified atom stereocenters. The second kappa shape index (κ2) is 6.06. The van der Waals surface area contributed by atoms with Crippen LogP contribution in [-0.4, -0.2) is 29.8 Å². The third kappa shape index (κ3) is 3.06. The van der Waals surface area contributed by atoms with Crippen LogP contribution in [0.25, 0.3) is 6.08 Å². The molecule has 20 heavy (non-hydrogen) atoms. The summed E-state index contributed by atoms with van der Waals surface area (Å²) in [5.74, 6) is 1.19. The summed E-state index contributed by atoms with van der Waals surface area (Å²) in [5, 5.41) is 3.97. The van der Waals surface area contributed by atoms with Gasteiger partial charge in [0.1, 0.15) is 0 Å². The van der Waals surface area contributed by atoms with E-state index in [1.807, 2.05) is 12.1 Å². The number of hydrogen-bond donors (Lipinski definition) is 0. The van der Waals surface area contributed by atoms with E-state index in [-0.39, 0.29) is 5.78 Å². The molecule has 0 aliphatic rings. The van der Waals surface area contributed by atoms with Crippen LogP contribution >= 0.6 is 0 Å². The molecule has 0 bridgehead atoms. The van der Waals surface area contributed by atoms with Gasteiger partial charge in [-0.2, -0.15) is 5.10 Å². The first-order chi connectivity index (χ1) is 9.63. The van der Waals surface area contributed by atoms with Gasteiger partial charge in [0.05, 0.1) is 26.0 Å². The van der Waals surface area contributed by atoms with Crippen LogP contribution in [0.2, 0.25) is 0 Å². The van der Waals surface area contributed by atoms with Crippen molar-refractivity contribution in [1.29, 1.82) is 0 Å². The highest BCUT2D eigenvalue weighted by Crippen LogP contribution is 2.27. The standard InChI is InChI=1S/C15H16N2O3/c1-17-10-12(9-16-17)13(18)6-4-11-5-7-14(19-2)15(8-11)20-3/h4-10H,1-3H3/b6-4+. The molecule has 2 rings (SSSR count). The first-order valence-electron chi connectivity index (χ1n) is 6.07. The SMILES string of the molecule is COc1ccc(/C=C/C(=O)c2cnn(C)c2)cc1OC. The zero-order chi connectivity index (χ0) is 14.5. The Kier molecular flexibility index (Phi) is 4.20. The van der Waals surface area contributed by atoms with Crippen LogP contribution in [0.5, 0.6) is 11.5 Å². The molecule has 1 heterocycles. The highest BCUT2D eigenvalue weighted by atomic mass is 16.5. The van der Waals surface area contributed by atoms with Crippen molar-refractivity contribution in [3.63, 3.8) is 0 Å². The van der Waals surface area contributed by atoms with Crippen molar-refractivity contribution in [2.75, 3.05) is 14.2 Å². The lowest BCUT2D eigenvalue weighted by atomic mass is 10.1. The number of hydrogen-bond acceptors (Lipinski definition) is 4. The van der Waals surface area contributed by atoms with Crippen molar-refractivity contribution in [2.24, 2.45) is 7.05 Å². The van der Waals surface area contributed by atoms with E-state index in [0.29, 0.717) is 17.1 Å². The summed E-state index contributed by atoms with van der Waals surface area (Å²) in [6.07, 6.45) is 6.47. The quantitative estimate of drug-likeness (QED) is 0.619. The predicted octanol–water partition coefficient (Wildman–Crippen LogP) is 2.33. The number of ether oxygens (including phenoxy) is 2. The Labute approximate surface area is 117 Å². The maximum absolute atomic E-state index is 11.9. The minimum Gasteiger partial charge on any atom is -0.493 e. The number of carbonyl (C=O) groups is 1. The van der Waals surface area contributed by atoms with Gasteiger partial charge in [0.15, 0.2) is 17.3 Å². The average Bonchev–Trinajstić information content (AvgIpc) is 2.91. The maximum Gasteiger partial charge on any atom is 0.189 e. The minimum atomic E-state index is -0.0899. The summed E-state index contributed by atoms with van der Waals surface area (Å²) in [5.41, 5.74) is 1.42. The summed E-state index contributed by atoms with van der Waals surface area (Å²) in [7, 11) is 4.93. The number of nitrogens with zero attached hydrogens (tertiary/aromatic N) is 2. The Morgan fingerprint density at radius 2 is 2.00 bits per heavy atom. The van der Waals surface area contributed by atoms with Crippen LogP contribution < -0.4 is 9.47 Å². The van der Waals surface area contributed by atoms with E-state index in [4.69, 9.17) is 9.47 Å². The lowest BCUT2D eigenvalue weighted by molar-refractivity contribution is 0.104. The number of ketones is 1. The lowest BCUT2D eigenvalue weighted by Gasteiger charge is -2.07. The van der Waals surface area contributed by atoms with Crippen LogP contribution in [0.3, 0.4) is 0 Å². The Bertz CT molecular complexity index is 644. The molecule has 0 spiro atoms. The van der Waals surface area contributed by atoms with E-state index in [1.54, 1.807) is 50.5 Å². The Morgan fingerprint density at radius 1 is 1.25 bits per heavy atom. The number of aromatic nitrogens is 2. The highest BCUT2D eigenvalue weighted by Gasteiger charge is 2.05. The van der Waals surface area contributed by atoms with Gasteiger partial charge in [0.2, 0.25) is 0 Å². The number of carbonyl (C=O) groups excluding carboxylic acids is 1. The maximum atomic E-state index is 11.9. The number of benzene rings is 1. The molecule has 0 atom stereocenters. The van der Waals surface area contributed by atoms with Gasteiger partial charge in [-0.1, -0.05) is 12.1 Å². The Hall–Kier alpha value is -2.56. The minimum absolute atomic E-state index is 0.0899. The van der Waals surface area contributed by atoms with Crippen LogP contribution in [-0.2, 0) is 7.05 Å². The van der Waals surface area contributed by atoms with Crippen molar-refractivity contribution in [3.05, 3.63) is 47.8 Å². The molecular formula is C15H16N2O3. The molecule has 1 aromatic carbocycles. The highest BCUT2D eigenvalue weighted by molar-refractivity contribution is 6.06. The molecule has 0 radical (unpaired) electrons. The topological polar surface area (TPSA) is 53.3 Å². The molecule has 0 saturated heterocycles. The smallest absolute Gasteiger partial charge is 0.189 e. The zero-order valence-electron chi connectivity index (χ0n) is 11.7. The van der Waals surface area contributed by atoms with Crippen molar-refractivity contribution in [1.82, 2.24) is 9.78 Å². The molecule has 5 nitrogen and oxygen atoms in total. The second-order valence-corrected chi connectivity index (χ2v) is 4.21. The normalized spacial score (nSPS) is 10.8.